The molecule has 0 atom stereocenters. The molecule has 1 aromatic rings. The zero-order valence-electron chi connectivity index (χ0n) is 7.80. The summed E-state index contributed by atoms with van der Waals surface area (Å²) in [5.74, 6) is -1.55. The standard InChI is InChI=1S/C9H7NO5/c1-6(11)15-9(12)7-2-4-8(5-3-7)10(13)14/h2-5H,1H3. The molecule has 6 heteroatoms. The van der Waals surface area contributed by atoms with E-state index < -0.39 is 16.9 Å². The van der Waals surface area contributed by atoms with Gasteiger partial charge in [0.15, 0.2) is 0 Å². The van der Waals surface area contributed by atoms with Gasteiger partial charge >= 0.3 is 11.9 Å². The molecule has 0 aliphatic heterocycles. The van der Waals surface area contributed by atoms with E-state index in [0.717, 1.165) is 19.1 Å². The van der Waals surface area contributed by atoms with Gasteiger partial charge in [0.05, 0.1) is 10.5 Å². The van der Waals surface area contributed by atoms with Crippen molar-refractivity contribution >= 4 is 17.6 Å². The van der Waals surface area contributed by atoms with Crippen molar-refractivity contribution in [1.82, 2.24) is 0 Å². The highest BCUT2D eigenvalue weighted by atomic mass is 16.6. The number of carbonyl (C=O) groups is 2. The number of non-ortho nitro benzene ring substituents is 1. The second-order valence-corrected chi connectivity index (χ2v) is 2.69. The molecule has 0 amide bonds. The fraction of sp³-hybridized carbons (Fsp3) is 0.111. The number of nitro benzene ring substituents is 1. The van der Waals surface area contributed by atoms with E-state index in [1.54, 1.807) is 0 Å². The van der Waals surface area contributed by atoms with Crippen LogP contribution in [-0.4, -0.2) is 16.9 Å². The third-order valence-electron chi connectivity index (χ3n) is 1.55. The molecule has 0 saturated carbocycles. The van der Waals surface area contributed by atoms with E-state index in [9.17, 15) is 19.7 Å². The lowest BCUT2D eigenvalue weighted by Crippen LogP contribution is -2.09. The van der Waals surface area contributed by atoms with Crippen LogP contribution in [0.3, 0.4) is 0 Å². The Balaban J connectivity index is 2.84. The summed E-state index contributed by atoms with van der Waals surface area (Å²) in [6.45, 7) is 1.10. The van der Waals surface area contributed by atoms with Gasteiger partial charge in [-0.05, 0) is 12.1 Å². The van der Waals surface area contributed by atoms with Crippen LogP contribution in [0, 0.1) is 10.1 Å². The molecule has 0 fully saturated rings. The van der Waals surface area contributed by atoms with Crippen LogP contribution < -0.4 is 0 Å². The van der Waals surface area contributed by atoms with E-state index in [-0.39, 0.29) is 11.3 Å². The third kappa shape index (κ3) is 2.87. The van der Waals surface area contributed by atoms with Crippen LogP contribution in [-0.2, 0) is 9.53 Å². The van der Waals surface area contributed by atoms with E-state index in [2.05, 4.69) is 4.74 Å². The summed E-state index contributed by atoms with van der Waals surface area (Å²) < 4.78 is 4.29. The van der Waals surface area contributed by atoms with Gasteiger partial charge in [-0.15, -0.1) is 0 Å². The fourth-order valence-electron chi connectivity index (χ4n) is 0.909. The Labute approximate surface area is 84.6 Å². The van der Waals surface area contributed by atoms with E-state index >= 15 is 0 Å². The van der Waals surface area contributed by atoms with Crippen molar-refractivity contribution in [1.29, 1.82) is 0 Å². The van der Waals surface area contributed by atoms with Crippen molar-refractivity contribution in [2.24, 2.45) is 0 Å². The second kappa shape index (κ2) is 4.32. The summed E-state index contributed by atoms with van der Waals surface area (Å²) in [4.78, 5) is 31.3. The van der Waals surface area contributed by atoms with Crippen molar-refractivity contribution in [2.75, 3.05) is 0 Å². The predicted molar refractivity (Wildman–Crippen MR) is 49.2 cm³/mol. The lowest BCUT2D eigenvalue weighted by molar-refractivity contribution is -0.384. The highest BCUT2D eigenvalue weighted by Crippen LogP contribution is 2.12. The van der Waals surface area contributed by atoms with E-state index in [1.807, 2.05) is 0 Å². The molecule has 6 nitrogen and oxygen atoms in total. The molecule has 0 spiro atoms. The molecule has 0 aromatic heterocycles. The molecule has 0 radical (unpaired) electrons. The largest absolute Gasteiger partial charge is 0.390 e. The van der Waals surface area contributed by atoms with Gasteiger partial charge in [0.2, 0.25) is 0 Å². The number of rotatable bonds is 2. The van der Waals surface area contributed by atoms with E-state index in [1.165, 1.54) is 12.1 Å². The summed E-state index contributed by atoms with van der Waals surface area (Å²) in [5.41, 5.74) is -0.0369. The Morgan fingerprint density at radius 1 is 1.27 bits per heavy atom. The van der Waals surface area contributed by atoms with Crippen LogP contribution in [0.25, 0.3) is 0 Å². The number of esters is 2. The molecule has 0 unspecified atom stereocenters. The summed E-state index contributed by atoms with van der Waals surface area (Å²) >= 11 is 0. The molecule has 0 aliphatic rings. The van der Waals surface area contributed by atoms with E-state index in [0.29, 0.717) is 0 Å². The smallest absolute Gasteiger partial charge is 0.345 e. The van der Waals surface area contributed by atoms with Gasteiger partial charge in [-0.25, -0.2) is 4.79 Å². The zero-order chi connectivity index (χ0) is 11.4. The molecule has 0 aliphatic carbocycles. The van der Waals surface area contributed by atoms with Gasteiger partial charge in [0, 0.05) is 19.1 Å². The molecule has 78 valence electrons. The summed E-state index contributed by atoms with van der Waals surface area (Å²) in [6, 6.07) is 4.78. The first-order chi connectivity index (χ1) is 7.00. The SMILES string of the molecule is CC(=O)OC(=O)c1ccc([N+](=O)[O-])cc1. The lowest BCUT2D eigenvalue weighted by atomic mass is 10.2. The molecular formula is C9H7NO5. The molecule has 1 aromatic carbocycles. The maximum absolute atomic E-state index is 11.1. The summed E-state index contributed by atoms with van der Waals surface area (Å²) in [6.07, 6.45) is 0. The third-order valence-corrected chi connectivity index (χ3v) is 1.55. The Kier molecular flexibility index (Phi) is 3.12. The highest BCUT2D eigenvalue weighted by molar-refractivity contribution is 5.96. The fourth-order valence-corrected chi connectivity index (χ4v) is 0.909. The van der Waals surface area contributed by atoms with Crippen LogP contribution in [0.15, 0.2) is 24.3 Å². The summed E-state index contributed by atoms with van der Waals surface area (Å²) in [7, 11) is 0. The molecule has 0 saturated heterocycles. The minimum atomic E-state index is -0.822. The van der Waals surface area contributed by atoms with Gasteiger partial charge in [-0.1, -0.05) is 0 Å². The highest BCUT2D eigenvalue weighted by Gasteiger charge is 2.11. The first-order valence-electron chi connectivity index (χ1n) is 3.98. The Hall–Kier alpha value is -2.24. The van der Waals surface area contributed by atoms with Crippen LogP contribution in [0.4, 0.5) is 5.69 Å². The van der Waals surface area contributed by atoms with Crippen molar-refractivity contribution in [2.45, 2.75) is 6.92 Å². The molecule has 0 N–H and O–H groups in total. The molecule has 0 heterocycles. The number of benzene rings is 1. The molecule has 0 bridgehead atoms. The Morgan fingerprint density at radius 3 is 2.20 bits per heavy atom. The Bertz CT molecular complexity index is 409. The molecule has 15 heavy (non-hydrogen) atoms. The van der Waals surface area contributed by atoms with Gasteiger partial charge in [-0.3, -0.25) is 14.9 Å². The minimum Gasteiger partial charge on any atom is -0.390 e. The lowest BCUT2D eigenvalue weighted by Gasteiger charge is -1.98. The number of hydrogen-bond donors (Lipinski definition) is 0. The minimum absolute atomic E-state index is 0.0933. The summed E-state index contributed by atoms with van der Waals surface area (Å²) in [5, 5.41) is 10.3. The van der Waals surface area contributed by atoms with Crippen LogP contribution in [0.2, 0.25) is 0 Å². The second-order valence-electron chi connectivity index (χ2n) is 2.69. The first kappa shape index (κ1) is 10.8. The van der Waals surface area contributed by atoms with Crippen LogP contribution in [0.1, 0.15) is 17.3 Å². The van der Waals surface area contributed by atoms with Crippen molar-refractivity contribution in [3.8, 4) is 0 Å². The van der Waals surface area contributed by atoms with Crippen LogP contribution >= 0.6 is 0 Å². The van der Waals surface area contributed by atoms with Crippen molar-refractivity contribution in [3.63, 3.8) is 0 Å². The molecule has 1 rings (SSSR count). The molecular weight excluding hydrogens is 202 g/mol. The number of hydrogen-bond acceptors (Lipinski definition) is 5. The average molecular weight is 209 g/mol. The number of nitro groups is 1. The predicted octanol–water partition coefficient (Wildman–Crippen LogP) is 1.30. The number of nitrogens with zero attached hydrogens (tertiary/aromatic N) is 1. The van der Waals surface area contributed by atoms with Gasteiger partial charge in [-0.2, -0.15) is 0 Å². The number of ether oxygens (including phenoxy) is 1. The van der Waals surface area contributed by atoms with Gasteiger partial charge < -0.3 is 4.74 Å². The normalized spacial score (nSPS) is 9.40. The van der Waals surface area contributed by atoms with Crippen molar-refractivity contribution in [3.05, 3.63) is 39.9 Å². The maximum atomic E-state index is 11.1. The monoisotopic (exact) mass is 209 g/mol. The maximum Gasteiger partial charge on any atom is 0.345 e. The Morgan fingerprint density at radius 2 is 1.80 bits per heavy atom. The zero-order valence-corrected chi connectivity index (χ0v) is 7.80. The van der Waals surface area contributed by atoms with Crippen LogP contribution in [0.5, 0.6) is 0 Å². The topological polar surface area (TPSA) is 86.5 Å². The van der Waals surface area contributed by atoms with Gasteiger partial charge in [0.25, 0.3) is 5.69 Å². The average Bonchev–Trinajstić information content (AvgIpc) is 2.17. The van der Waals surface area contributed by atoms with Gasteiger partial charge in [0.1, 0.15) is 0 Å². The first-order valence-corrected chi connectivity index (χ1v) is 3.98. The van der Waals surface area contributed by atoms with Crippen molar-refractivity contribution < 1.29 is 19.2 Å². The quantitative estimate of drug-likeness (QED) is 0.317. The van der Waals surface area contributed by atoms with E-state index in [4.69, 9.17) is 0 Å². The number of carbonyl (C=O) groups excluding carboxylic acids is 2.